The Morgan fingerprint density at radius 1 is 0.964 bits per heavy atom. The summed E-state index contributed by atoms with van der Waals surface area (Å²) in [5, 5.41) is 5.68. The maximum atomic E-state index is 6.24. The number of hydrogen-bond acceptors (Lipinski definition) is 1. The van der Waals surface area contributed by atoms with E-state index in [0.29, 0.717) is 6.04 Å². The van der Waals surface area contributed by atoms with Crippen LogP contribution in [0.25, 0.3) is 22.0 Å². The number of rotatable bonds is 6. The smallest absolute Gasteiger partial charge is 0.0486 e. The Kier molecular flexibility index (Phi) is 5.52. The molecule has 0 radical (unpaired) electrons. The molecule has 142 valence electrons. The number of aromatic nitrogens is 1. The molecule has 0 aliphatic heterocycles. The number of hydrogen-bond donors (Lipinski definition) is 1. The van der Waals surface area contributed by atoms with E-state index >= 15 is 0 Å². The molecule has 0 saturated heterocycles. The fourth-order valence-electron chi connectivity index (χ4n) is 3.73. The number of benzene rings is 3. The van der Waals surface area contributed by atoms with Gasteiger partial charge < -0.3 is 9.88 Å². The molecule has 0 bridgehead atoms. The van der Waals surface area contributed by atoms with Crippen LogP contribution >= 0.6 is 11.6 Å². The van der Waals surface area contributed by atoms with E-state index in [-0.39, 0.29) is 0 Å². The number of nitrogens with one attached hydrogen (secondary N) is 1. The molecule has 3 aromatic carbocycles. The van der Waals surface area contributed by atoms with Gasteiger partial charge in [-0.2, -0.15) is 0 Å². The maximum Gasteiger partial charge on any atom is 0.0486 e. The van der Waals surface area contributed by atoms with Crippen LogP contribution < -0.4 is 5.32 Å². The van der Waals surface area contributed by atoms with Crippen molar-refractivity contribution in [2.45, 2.75) is 33.0 Å². The summed E-state index contributed by atoms with van der Waals surface area (Å²) in [4.78, 5) is 0. The summed E-state index contributed by atoms with van der Waals surface area (Å²) < 4.78 is 2.30. The van der Waals surface area contributed by atoms with Crippen molar-refractivity contribution in [3.8, 4) is 11.1 Å². The topological polar surface area (TPSA) is 17.0 Å². The molecular formula is C25H25ClN2. The Balaban J connectivity index is 1.65. The van der Waals surface area contributed by atoms with E-state index in [4.69, 9.17) is 11.6 Å². The average Bonchev–Trinajstić information content (AvgIpc) is 3.10. The SMILES string of the molecule is CCn1cc(-c2cccc(Cl)c2)c2cc(CNC(C)c3ccccc3)ccc21. The van der Waals surface area contributed by atoms with Crippen LogP contribution in [-0.4, -0.2) is 4.57 Å². The molecule has 0 saturated carbocycles. The van der Waals surface area contributed by atoms with Crippen molar-refractivity contribution in [3.63, 3.8) is 0 Å². The van der Waals surface area contributed by atoms with Gasteiger partial charge in [-0.25, -0.2) is 0 Å². The lowest BCUT2D eigenvalue weighted by Crippen LogP contribution is -2.17. The van der Waals surface area contributed by atoms with E-state index in [9.17, 15) is 0 Å². The van der Waals surface area contributed by atoms with Crippen LogP contribution in [0.2, 0.25) is 5.02 Å². The highest BCUT2D eigenvalue weighted by atomic mass is 35.5. The molecule has 1 atom stereocenters. The molecular weight excluding hydrogens is 364 g/mol. The van der Waals surface area contributed by atoms with Crippen molar-refractivity contribution in [2.24, 2.45) is 0 Å². The van der Waals surface area contributed by atoms with E-state index < -0.39 is 0 Å². The lowest BCUT2D eigenvalue weighted by molar-refractivity contribution is 0.575. The molecule has 0 aliphatic rings. The van der Waals surface area contributed by atoms with E-state index in [2.05, 4.69) is 84.5 Å². The Bertz CT molecular complexity index is 1080. The van der Waals surface area contributed by atoms with Gasteiger partial charge in [0.15, 0.2) is 0 Å². The first-order valence-corrected chi connectivity index (χ1v) is 10.2. The van der Waals surface area contributed by atoms with Gasteiger partial charge in [0.25, 0.3) is 0 Å². The molecule has 1 aromatic heterocycles. The highest BCUT2D eigenvalue weighted by molar-refractivity contribution is 6.30. The molecule has 1 unspecified atom stereocenters. The van der Waals surface area contributed by atoms with Crippen molar-refractivity contribution in [2.75, 3.05) is 0 Å². The summed E-state index contributed by atoms with van der Waals surface area (Å²) in [5.74, 6) is 0. The van der Waals surface area contributed by atoms with Crippen LogP contribution in [0.1, 0.15) is 31.0 Å². The standard InChI is InChI=1S/C25H25ClN2/c1-3-28-17-24(21-10-7-11-22(26)15-21)23-14-19(12-13-25(23)28)16-27-18(2)20-8-5-4-6-9-20/h4-15,17-18,27H,3,16H2,1-2H3. The van der Waals surface area contributed by atoms with Crippen LogP contribution in [0.4, 0.5) is 0 Å². The first-order chi connectivity index (χ1) is 13.7. The molecule has 4 aromatic rings. The second-order valence-corrected chi connectivity index (χ2v) is 7.64. The molecule has 0 fully saturated rings. The van der Waals surface area contributed by atoms with Crippen LogP contribution in [0.5, 0.6) is 0 Å². The zero-order chi connectivity index (χ0) is 19.5. The summed E-state index contributed by atoms with van der Waals surface area (Å²) in [7, 11) is 0. The number of nitrogens with zero attached hydrogens (tertiary/aromatic N) is 1. The Morgan fingerprint density at radius 2 is 1.79 bits per heavy atom. The van der Waals surface area contributed by atoms with Crippen LogP contribution in [0.3, 0.4) is 0 Å². The van der Waals surface area contributed by atoms with Gasteiger partial charge >= 0.3 is 0 Å². The van der Waals surface area contributed by atoms with Gasteiger partial charge in [0, 0.05) is 46.8 Å². The maximum absolute atomic E-state index is 6.24. The molecule has 28 heavy (non-hydrogen) atoms. The van der Waals surface area contributed by atoms with Crippen LogP contribution in [-0.2, 0) is 13.1 Å². The highest BCUT2D eigenvalue weighted by Gasteiger charge is 2.11. The molecule has 0 spiro atoms. The average molecular weight is 389 g/mol. The molecule has 1 heterocycles. The van der Waals surface area contributed by atoms with Gasteiger partial charge in [0.1, 0.15) is 0 Å². The van der Waals surface area contributed by atoms with E-state index in [1.54, 1.807) is 0 Å². The molecule has 0 amide bonds. The van der Waals surface area contributed by atoms with Crippen molar-refractivity contribution >= 4 is 22.5 Å². The van der Waals surface area contributed by atoms with E-state index in [1.165, 1.54) is 27.6 Å². The lowest BCUT2D eigenvalue weighted by atomic mass is 10.0. The van der Waals surface area contributed by atoms with E-state index in [1.807, 2.05) is 18.2 Å². The van der Waals surface area contributed by atoms with Gasteiger partial charge in [0.2, 0.25) is 0 Å². The molecule has 4 rings (SSSR count). The Hall–Kier alpha value is -2.55. The largest absolute Gasteiger partial charge is 0.347 e. The van der Waals surface area contributed by atoms with Crippen molar-refractivity contribution in [1.29, 1.82) is 0 Å². The van der Waals surface area contributed by atoms with E-state index in [0.717, 1.165) is 23.7 Å². The zero-order valence-corrected chi connectivity index (χ0v) is 17.1. The summed E-state index contributed by atoms with van der Waals surface area (Å²) in [5.41, 5.74) is 6.25. The van der Waals surface area contributed by atoms with Gasteiger partial charge in [-0.05, 0) is 54.8 Å². The van der Waals surface area contributed by atoms with Crippen LogP contribution in [0, 0.1) is 0 Å². The normalized spacial score (nSPS) is 12.4. The highest BCUT2D eigenvalue weighted by Crippen LogP contribution is 2.33. The summed E-state index contributed by atoms with van der Waals surface area (Å²) in [6.45, 7) is 6.16. The summed E-state index contributed by atoms with van der Waals surface area (Å²) in [6, 6.07) is 25.7. The summed E-state index contributed by atoms with van der Waals surface area (Å²) in [6.07, 6.45) is 2.24. The van der Waals surface area contributed by atoms with Gasteiger partial charge in [0.05, 0.1) is 0 Å². The minimum absolute atomic E-state index is 0.310. The molecule has 1 N–H and O–H groups in total. The third-order valence-electron chi connectivity index (χ3n) is 5.33. The first kappa shape index (κ1) is 18.8. The van der Waals surface area contributed by atoms with Crippen molar-refractivity contribution in [1.82, 2.24) is 9.88 Å². The summed E-state index contributed by atoms with van der Waals surface area (Å²) >= 11 is 6.24. The van der Waals surface area contributed by atoms with Crippen LogP contribution in [0.15, 0.2) is 79.0 Å². The third-order valence-corrected chi connectivity index (χ3v) is 5.57. The fourth-order valence-corrected chi connectivity index (χ4v) is 3.92. The number of halogens is 1. The monoisotopic (exact) mass is 388 g/mol. The zero-order valence-electron chi connectivity index (χ0n) is 16.3. The third kappa shape index (κ3) is 3.84. The van der Waals surface area contributed by atoms with Gasteiger partial charge in [-0.3, -0.25) is 0 Å². The Morgan fingerprint density at radius 3 is 2.54 bits per heavy atom. The predicted octanol–water partition coefficient (Wildman–Crippen LogP) is 6.83. The number of fused-ring (bicyclic) bond motifs is 1. The lowest BCUT2D eigenvalue weighted by Gasteiger charge is -2.14. The quantitative estimate of drug-likeness (QED) is 0.383. The number of aryl methyl sites for hydroxylation is 1. The fraction of sp³-hybridized carbons (Fsp3) is 0.200. The van der Waals surface area contributed by atoms with Crippen molar-refractivity contribution in [3.05, 3.63) is 95.1 Å². The second kappa shape index (κ2) is 8.22. The Labute approximate surface area is 171 Å². The predicted molar refractivity (Wildman–Crippen MR) is 120 cm³/mol. The molecule has 0 aliphatic carbocycles. The minimum Gasteiger partial charge on any atom is -0.347 e. The molecule has 3 heteroatoms. The van der Waals surface area contributed by atoms with Crippen molar-refractivity contribution < 1.29 is 0 Å². The first-order valence-electron chi connectivity index (χ1n) is 9.81. The van der Waals surface area contributed by atoms with Gasteiger partial charge in [-0.1, -0.05) is 60.1 Å². The molecule has 2 nitrogen and oxygen atoms in total. The van der Waals surface area contributed by atoms with Gasteiger partial charge in [-0.15, -0.1) is 0 Å². The minimum atomic E-state index is 0.310. The second-order valence-electron chi connectivity index (χ2n) is 7.20.